The summed E-state index contributed by atoms with van der Waals surface area (Å²) in [5.41, 5.74) is 1.54. The van der Waals surface area contributed by atoms with Gasteiger partial charge in [-0.15, -0.1) is 0 Å². The number of ether oxygens (including phenoxy) is 1. The number of benzene rings is 2. The summed E-state index contributed by atoms with van der Waals surface area (Å²) in [7, 11) is 1.37. The molecule has 1 amide bonds. The number of nitro benzene ring substituents is 1. The molecule has 0 aromatic heterocycles. The molecule has 0 saturated carbocycles. The molecule has 0 radical (unpaired) electrons. The summed E-state index contributed by atoms with van der Waals surface area (Å²) in [4.78, 5) is 22.6. The van der Waals surface area contributed by atoms with Crippen molar-refractivity contribution < 1.29 is 19.6 Å². The maximum Gasteiger partial charge on any atom is 0.273 e. The van der Waals surface area contributed by atoms with Crippen LogP contribution in [-0.4, -0.2) is 29.1 Å². The number of aliphatic hydroxyl groups excluding tert-OH is 1. The lowest BCUT2D eigenvalue weighted by molar-refractivity contribution is -0.384. The number of aliphatic hydroxyl groups is 1. The Hall–Kier alpha value is -3.13. The summed E-state index contributed by atoms with van der Waals surface area (Å²) in [6.45, 7) is 1.52. The molecule has 2 rings (SSSR count). The number of carbonyl (C=O) groups is 1. The van der Waals surface area contributed by atoms with E-state index in [1.54, 1.807) is 31.2 Å². The van der Waals surface area contributed by atoms with Gasteiger partial charge in [0.2, 0.25) is 5.91 Å². The van der Waals surface area contributed by atoms with Crippen molar-refractivity contribution in [3.63, 3.8) is 0 Å². The Morgan fingerprint density at radius 3 is 2.64 bits per heavy atom. The van der Waals surface area contributed by atoms with Crippen LogP contribution in [0, 0.1) is 10.1 Å². The van der Waals surface area contributed by atoms with Gasteiger partial charge >= 0.3 is 0 Å². The maximum atomic E-state index is 12.4. The molecule has 0 heterocycles. The molecule has 1 atom stereocenters. The predicted octanol–water partition coefficient (Wildman–Crippen LogP) is 2.53. The van der Waals surface area contributed by atoms with Crippen LogP contribution in [0.3, 0.4) is 0 Å². The molecular weight excluding hydrogens is 326 g/mol. The zero-order valence-corrected chi connectivity index (χ0v) is 13.9. The lowest BCUT2D eigenvalue weighted by Crippen LogP contribution is -2.32. The van der Waals surface area contributed by atoms with Gasteiger partial charge in [0.05, 0.1) is 30.4 Å². The molecule has 0 fully saturated rings. The first kappa shape index (κ1) is 18.2. The number of methoxy groups -OCH3 is 1. The van der Waals surface area contributed by atoms with Gasteiger partial charge < -0.3 is 20.5 Å². The van der Waals surface area contributed by atoms with E-state index >= 15 is 0 Å². The number of nitro groups is 1. The topological polar surface area (TPSA) is 114 Å². The first-order valence-corrected chi connectivity index (χ1v) is 7.55. The lowest BCUT2D eigenvalue weighted by Gasteiger charge is -2.18. The van der Waals surface area contributed by atoms with Crippen molar-refractivity contribution in [1.82, 2.24) is 0 Å². The van der Waals surface area contributed by atoms with E-state index in [0.29, 0.717) is 16.9 Å². The summed E-state index contributed by atoms with van der Waals surface area (Å²) in [5, 5.41) is 25.8. The molecule has 0 bridgehead atoms. The van der Waals surface area contributed by atoms with Gasteiger partial charge in [-0.3, -0.25) is 14.9 Å². The number of nitrogens with one attached hydrogen (secondary N) is 2. The summed E-state index contributed by atoms with van der Waals surface area (Å²) in [6.07, 6.45) is 0. The molecule has 3 N–H and O–H groups in total. The van der Waals surface area contributed by atoms with E-state index in [4.69, 9.17) is 4.74 Å². The highest BCUT2D eigenvalue weighted by atomic mass is 16.6. The lowest BCUT2D eigenvalue weighted by atomic mass is 10.1. The zero-order chi connectivity index (χ0) is 18.4. The molecule has 0 aliphatic heterocycles. The van der Waals surface area contributed by atoms with E-state index in [0.717, 1.165) is 0 Å². The Balaban J connectivity index is 2.12. The van der Waals surface area contributed by atoms with Gasteiger partial charge in [0.1, 0.15) is 11.8 Å². The number of hydrogen-bond donors (Lipinski definition) is 3. The van der Waals surface area contributed by atoms with Crippen molar-refractivity contribution in [2.75, 3.05) is 17.7 Å². The van der Waals surface area contributed by atoms with Crippen molar-refractivity contribution in [2.45, 2.75) is 19.6 Å². The SMILES string of the molecule is COc1cc([N+](=O)[O-])ccc1NC(=O)[C@@H](C)Nc1ccccc1CO. The standard InChI is InChI=1S/C17H19N3O5/c1-11(18-14-6-4-3-5-12(14)10-21)17(22)19-15-8-7-13(20(23)24)9-16(15)25-2/h3-9,11,18,21H,10H2,1-2H3,(H,19,22)/t11-/m1/s1. The van der Waals surface area contributed by atoms with Crippen LogP contribution >= 0.6 is 0 Å². The molecule has 0 spiro atoms. The van der Waals surface area contributed by atoms with E-state index in [9.17, 15) is 20.0 Å². The van der Waals surface area contributed by atoms with Crippen molar-refractivity contribution in [3.8, 4) is 5.75 Å². The number of anilines is 2. The van der Waals surface area contributed by atoms with Gasteiger partial charge in [-0.05, 0) is 19.1 Å². The van der Waals surface area contributed by atoms with Crippen LogP contribution in [0.25, 0.3) is 0 Å². The van der Waals surface area contributed by atoms with Crippen molar-refractivity contribution in [3.05, 3.63) is 58.1 Å². The van der Waals surface area contributed by atoms with Crippen LogP contribution in [0.5, 0.6) is 5.75 Å². The smallest absolute Gasteiger partial charge is 0.273 e. The zero-order valence-electron chi connectivity index (χ0n) is 13.9. The second-order valence-corrected chi connectivity index (χ2v) is 5.31. The third kappa shape index (κ3) is 4.45. The van der Waals surface area contributed by atoms with Crippen LogP contribution in [0.1, 0.15) is 12.5 Å². The average molecular weight is 345 g/mol. The Bertz CT molecular complexity index is 779. The normalized spacial score (nSPS) is 11.5. The van der Waals surface area contributed by atoms with Gasteiger partial charge in [0, 0.05) is 17.3 Å². The van der Waals surface area contributed by atoms with E-state index < -0.39 is 11.0 Å². The van der Waals surface area contributed by atoms with Gasteiger partial charge in [0.25, 0.3) is 5.69 Å². The molecule has 2 aromatic carbocycles. The summed E-state index contributed by atoms with van der Waals surface area (Å²) in [5.74, 6) is -0.148. The van der Waals surface area contributed by atoms with Crippen LogP contribution in [-0.2, 0) is 11.4 Å². The second-order valence-electron chi connectivity index (χ2n) is 5.31. The largest absolute Gasteiger partial charge is 0.494 e. The second kappa shape index (κ2) is 8.11. The van der Waals surface area contributed by atoms with E-state index in [1.807, 2.05) is 0 Å². The van der Waals surface area contributed by atoms with Crippen molar-refractivity contribution in [2.24, 2.45) is 0 Å². The molecule has 8 nitrogen and oxygen atoms in total. The minimum absolute atomic E-state index is 0.127. The molecule has 132 valence electrons. The molecule has 0 aliphatic rings. The number of non-ortho nitro benzene ring substituents is 1. The van der Waals surface area contributed by atoms with Crippen LogP contribution < -0.4 is 15.4 Å². The van der Waals surface area contributed by atoms with Crippen LogP contribution in [0.2, 0.25) is 0 Å². The molecular formula is C17H19N3O5. The highest BCUT2D eigenvalue weighted by molar-refractivity contribution is 5.97. The van der Waals surface area contributed by atoms with Gasteiger partial charge in [-0.25, -0.2) is 0 Å². The number of hydrogen-bond acceptors (Lipinski definition) is 6. The van der Waals surface area contributed by atoms with Crippen molar-refractivity contribution in [1.29, 1.82) is 0 Å². The Labute approximate surface area is 144 Å². The first-order chi connectivity index (χ1) is 12.0. The Morgan fingerprint density at radius 2 is 2.00 bits per heavy atom. The van der Waals surface area contributed by atoms with Crippen molar-refractivity contribution >= 4 is 23.0 Å². The quantitative estimate of drug-likeness (QED) is 0.525. The maximum absolute atomic E-state index is 12.4. The number of amides is 1. The fourth-order valence-electron chi connectivity index (χ4n) is 2.24. The van der Waals surface area contributed by atoms with Gasteiger partial charge in [0.15, 0.2) is 0 Å². The Kier molecular flexibility index (Phi) is 5.91. The average Bonchev–Trinajstić information content (AvgIpc) is 2.62. The van der Waals surface area contributed by atoms with E-state index in [-0.39, 0.29) is 24.0 Å². The summed E-state index contributed by atoms with van der Waals surface area (Å²) in [6, 6.07) is 10.5. The first-order valence-electron chi connectivity index (χ1n) is 7.55. The number of rotatable bonds is 7. The van der Waals surface area contributed by atoms with E-state index in [1.165, 1.54) is 25.3 Å². The highest BCUT2D eigenvalue weighted by Crippen LogP contribution is 2.29. The monoisotopic (exact) mass is 345 g/mol. The van der Waals surface area contributed by atoms with Crippen LogP contribution in [0.4, 0.5) is 17.1 Å². The minimum Gasteiger partial charge on any atom is -0.494 e. The van der Waals surface area contributed by atoms with Gasteiger partial charge in [-0.1, -0.05) is 18.2 Å². The fraction of sp³-hybridized carbons (Fsp3) is 0.235. The predicted molar refractivity (Wildman–Crippen MR) is 93.7 cm³/mol. The summed E-state index contributed by atoms with van der Waals surface area (Å²) >= 11 is 0. The third-order valence-electron chi connectivity index (χ3n) is 3.61. The summed E-state index contributed by atoms with van der Waals surface area (Å²) < 4.78 is 5.10. The number of carbonyl (C=O) groups excluding carboxylic acids is 1. The third-order valence-corrected chi connectivity index (χ3v) is 3.61. The molecule has 2 aromatic rings. The molecule has 25 heavy (non-hydrogen) atoms. The molecule has 0 saturated heterocycles. The number of nitrogens with zero attached hydrogens (tertiary/aromatic N) is 1. The Morgan fingerprint density at radius 1 is 1.28 bits per heavy atom. The minimum atomic E-state index is -0.604. The van der Waals surface area contributed by atoms with Gasteiger partial charge in [-0.2, -0.15) is 0 Å². The highest BCUT2D eigenvalue weighted by Gasteiger charge is 2.18. The molecule has 8 heteroatoms. The molecule has 0 unspecified atom stereocenters. The van der Waals surface area contributed by atoms with E-state index in [2.05, 4.69) is 10.6 Å². The molecule has 0 aliphatic carbocycles. The number of para-hydroxylation sites is 1. The van der Waals surface area contributed by atoms with Crippen LogP contribution in [0.15, 0.2) is 42.5 Å². The fourth-order valence-corrected chi connectivity index (χ4v) is 2.24.